The number of alkyl halides is 2. The Kier molecular flexibility index (Phi) is 12.1. The van der Waals surface area contributed by atoms with E-state index in [4.69, 9.17) is 14.2 Å². The summed E-state index contributed by atoms with van der Waals surface area (Å²) in [5, 5.41) is 13.4. The molecule has 0 saturated carbocycles. The molecule has 1 amide bonds. The number of allylic oxidation sites excluding steroid dienone is 1. The number of thiazole rings is 1. The van der Waals surface area contributed by atoms with Crippen LogP contribution in [0.25, 0.3) is 22.0 Å². The van der Waals surface area contributed by atoms with Gasteiger partial charge >= 0.3 is 0 Å². The molecule has 4 heterocycles. The zero-order valence-corrected chi connectivity index (χ0v) is 31.7. The SMILES string of the molecule is C=C(C)C(C)(F)F.COc1ccccc1S(=O)(=O)Nc1cc(-c2cc(NC(=O)c3csc(CN4CC(C)OC(C)C4)n3)c3cn[nH]c3c2)cnc1OC. The molecule has 1 fully saturated rings. The lowest BCUT2D eigenvalue weighted by atomic mass is 10.0. The van der Waals surface area contributed by atoms with Crippen molar-refractivity contribution in [2.24, 2.45) is 0 Å². The predicted molar refractivity (Wildman–Crippen MR) is 200 cm³/mol. The van der Waals surface area contributed by atoms with Crippen LogP contribution in [-0.4, -0.2) is 84.8 Å². The Morgan fingerprint density at radius 1 is 1.09 bits per heavy atom. The number of benzene rings is 2. The lowest BCUT2D eigenvalue weighted by molar-refractivity contribution is -0.0705. The summed E-state index contributed by atoms with van der Waals surface area (Å²) in [6.45, 7) is 11.6. The molecule has 0 aliphatic carbocycles. The molecule has 5 aromatic rings. The molecular weight excluding hydrogens is 729 g/mol. The van der Waals surface area contributed by atoms with Crippen LogP contribution < -0.4 is 19.5 Å². The topological polar surface area (TPSA) is 161 Å². The minimum absolute atomic E-state index is 0.0342. The number of carbonyl (C=O) groups excluding carboxylic acids is 1. The fraction of sp³-hybridized carbons (Fsp3) is 0.333. The molecular formula is C36H41F2N7O6S2. The van der Waals surface area contributed by atoms with E-state index in [1.807, 2.05) is 6.07 Å². The summed E-state index contributed by atoms with van der Waals surface area (Å²) in [5.41, 5.74) is 2.73. The lowest BCUT2D eigenvalue weighted by Crippen LogP contribution is -2.44. The van der Waals surface area contributed by atoms with Crippen molar-refractivity contribution in [1.82, 2.24) is 25.1 Å². The molecule has 2 atom stereocenters. The van der Waals surface area contributed by atoms with E-state index in [9.17, 15) is 22.0 Å². The number of carbonyl (C=O) groups is 1. The van der Waals surface area contributed by atoms with Crippen molar-refractivity contribution in [3.8, 4) is 22.8 Å². The number of nitrogens with zero attached hydrogens (tertiary/aromatic N) is 4. The van der Waals surface area contributed by atoms with Crippen molar-refractivity contribution in [3.63, 3.8) is 0 Å². The minimum atomic E-state index is -4.06. The number of halogens is 2. The first-order valence-electron chi connectivity index (χ1n) is 16.4. The summed E-state index contributed by atoms with van der Waals surface area (Å²) in [7, 11) is -1.26. The molecule has 1 aliphatic rings. The largest absolute Gasteiger partial charge is 0.495 e. The first-order valence-corrected chi connectivity index (χ1v) is 18.8. The van der Waals surface area contributed by atoms with Gasteiger partial charge in [0.25, 0.3) is 21.9 Å². The van der Waals surface area contributed by atoms with Gasteiger partial charge in [0.2, 0.25) is 5.88 Å². The Hall–Kier alpha value is -4.97. The number of morpholine rings is 1. The number of rotatable bonds is 11. The van der Waals surface area contributed by atoms with E-state index in [1.54, 1.807) is 48.1 Å². The predicted octanol–water partition coefficient (Wildman–Crippen LogP) is 6.98. The zero-order valence-electron chi connectivity index (χ0n) is 30.1. The maximum atomic E-state index is 13.4. The lowest BCUT2D eigenvalue weighted by Gasteiger charge is -2.34. The number of anilines is 2. The molecule has 0 radical (unpaired) electrons. The van der Waals surface area contributed by atoms with Crippen LogP contribution >= 0.6 is 11.3 Å². The third-order valence-electron chi connectivity index (χ3n) is 8.18. The highest BCUT2D eigenvalue weighted by atomic mass is 32.2. The third kappa shape index (κ3) is 9.72. The average Bonchev–Trinajstić information content (AvgIpc) is 3.78. The molecule has 2 aromatic carbocycles. The van der Waals surface area contributed by atoms with Gasteiger partial charge in [-0.1, -0.05) is 18.7 Å². The molecule has 1 aliphatic heterocycles. The van der Waals surface area contributed by atoms with Crippen molar-refractivity contribution in [2.75, 3.05) is 37.3 Å². The fourth-order valence-corrected chi connectivity index (χ4v) is 7.52. The molecule has 13 nitrogen and oxygen atoms in total. The summed E-state index contributed by atoms with van der Waals surface area (Å²) in [6.07, 6.45) is 3.46. The maximum absolute atomic E-state index is 13.4. The van der Waals surface area contributed by atoms with Crippen LogP contribution in [0.5, 0.6) is 11.6 Å². The number of hydrogen-bond acceptors (Lipinski definition) is 11. The van der Waals surface area contributed by atoms with Crippen molar-refractivity contribution >= 4 is 49.5 Å². The summed E-state index contributed by atoms with van der Waals surface area (Å²) < 4.78 is 69.2. The first kappa shape index (κ1) is 39.2. The molecule has 1 saturated heterocycles. The molecule has 282 valence electrons. The molecule has 3 aromatic heterocycles. The van der Waals surface area contributed by atoms with E-state index in [2.05, 4.69) is 55.5 Å². The van der Waals surface area contributed by atoms with Gasteiger partial charge in [-0.05, 0) is 62.2 Å². The number of hydrogen-bond donors (Lipinski definition) is 3. The van der Waals surface area contributed by atoms with Gasteiger partial charge in [0.05, 0.1) is 50.4 Å². The summed E-state index contributed by atoms with van der Waals surface area (Å²) in [6, 6.07) is 11.5. The summed E-state index contributed by atoms with van der Waals surface area (Å²) >= 11 is 1.44. The highest BCUT2D eigenvalue weighted by molar-refractivity contribution is 7.92. The third-order valence-corrected chi connectivity index (χ3v) is 10.4. The fourth-order valence-electron chi connectivity index (χ4n) is 5.49. The monoisotopic (exact) mass is 769 g/mol. The van der Waals surface area contributed by atoms with Crippen LogP contribution in [-0.2, 0) is 21.3 Å². The minimum Gasteiger partial charge on any atom is -0.495 e. The second-order valence-electron chi connectivity index (χ2n) is 12.6. The van der Waals surface area contributed by atoms with Gasteiger partial charge in [-0.3, -0.25) is 19.5 Å². The number of methoxy groups -OCH3 is 2. The van der Waals surface area contributed by atoms with Crippen LogP contribution in [0, 0.1) is 0 Å². The van der Waals surface area contributed by atoms with Gasteiger partial charge in [-0.15, -0.1) is 11.3 Å². The van der Waals surface area contributed by atoms with E-state index in [0.717, 1.165) is 25.0 Å². The van der Waals surface area contributed by atoms with Gasteiger partial charge in [0.15, 0.2) is 0 Å². The number of para-hydroxylation sites is 1. The number of nitrogens with one attached hydrogen (secondary N) is 3. The molecule has 3 N–H and O–H groups in total. The Balaban J connectivity index is 0.000000705. The number of H-pyrrole nitrogens is 1. The van der Waals surface area contributed by atoms with Crippen molar-refractivity contribution in [1.29, 1.82) is 0 Å². The quantitative estimate of drug-likeness (QED) is 0.120. The first-order chi connectivity index (χ1) is 25.1. The molecule has 2 unspecified atom stereocenters. The molecule has 6 rings (SSSR count). The molecule has 0 spiro atoms. The van der Waals surface area contributed by atoms with Crippen LogP contribution in [0.2, 0.25) is 0 Å². The normalized spacial score (nSPS) is 16.4. The van der Waals surface area contributed by atoms with Gasteiger partial charge in [-0.2, -0.15) is 5.10 Å². The highest BCUT2D eigenvalue weighted by Crippen LogP contribution is 2.35. The average molecular weight is 770 g/mol. The van der Waals surface area contributed by atoms with Gasteiger partial charge in [0, 0.05) is 42.5 Å². The summed E-state index contributed by atoms with van der Waals surface area (Å²) in [4.78, 5) is 24.6. The second kappa shape index (κ2) is 16.4. The van der Waals surface area contributed by atoms with E-state index in [-0.39, 0.29) is 45.9 Å². The Labute approximate surface area is 310 Å². The summed E-state index contributed by atoms with van der Waals surface area (Å²) in [5.74, 6) is -2.77. The standard InChI is InChI=1S/C31H33N7O6S2.C5H8F2/c1-18-14-38(15-19(2)44-18)16-29-34-26(17-45-29)30(39)35-23-9-20(10-24-22(23)13-33-36-24)21-11-25(31(43-4)32-12-21)37-46(40,41)28-8-6-5-7-27(28)42-3;1-4(2)5(3,6)7/h5-13,17-19,37H,14-16H2,1-4H3,(H,33,36)(H,35,39);1H2,2-3H3. The van der Waals surface area contributed by atoms with Crippen LogP contribution in [0.3, 0.4) is 0 Å². The van der Waals surface area contributed by atoms with Crippen molar-refractivity contribution in [3.05, 3.63) is 83.1 Å². The van der Waals surface area contributed by atoms with Crippen molar-refractivity contribution in [2.45, 2.75) is 57.3 Å². The molecule has 17 heteroatoms. The number of ether oxygens (including phenoxy) is 3. The number of sulfonamides is 1. The van der Waals surface area contributed by atoms with E-state index < -0.39 is 15.9 Å². The smallest absolute Gasteiger partial charge is 0.275 e. The van der Waals surface area contributed by atoms with Crippen LogP contribution in [0.15, 0.2) is 77.3 Å². The van der Waals surface area contributed by atoms with Gasteiger partial charge < -0.3 is 19.5 Å². The Morgan fingerprint density at radius 2 is 1.77 bits per heavy atom. The highest BCUT2D eigenvalue weighted by Gasteiger charge is 2.25. The van der Waals surface area contributed by atoms with E-state index >= 15 is 0 Å². The number of amides is 1. The second-order valence-corrected chi connectivity index (χ2v) is 15.2. The number of pyridine rings is 1. The van der Waals surface area contributed by atoms with Crippen molar-refractivity contribution < 1.29 is 36.2 Å². The van der Waals surface area contributed by atoms with Gasteiger partial charge in [-0.25, -0.2) is 27.2 Å². The molecule has 0 bridgehead atoms. The molecule has 53 heavy (non-hydrogen) atoms. The zero-order chi connectivity index (χ0) is 38.5. The number of aromatic nitrogens is 4. The Morgan fingerprint density at radius 3 is 2.43 bits per heavy atom. The van der Waals surface area contributed by atoms with Crippen LogP contribution in [0.4, 0.5) is 20.2 Å². The maximum Gasteiger partial charge on any atom is 0.275 e. The van der Waals surface area contributed by atoms with E-state index in [0.29, 0.717) is 40.0 Å². The Bertz CT molecular complexity index is 2190. The van der Waals surface area contributed by atoms with Crippen LogP contribution in [0.1, 0.15) is 43.2 Å². The van der Waals surface area contributed by atoms with Gasteiger partial charge in [0.1, 0.15) is 27.0 Å². The van der Waals surface area contributed by atoms with E-state index in [1.165, 1.54) is 38.5 Å². The number of fused-ring (bicyclic) bond motifs is 1. The number of aromatic amines is 1.